The molecule has 4 N–H and O–H groups in total. The van der Waals surface area contributed by atoms with Gasteiger partial charge in [0.25, 0.3) is 5.69 Å². The molecule has 0 aliphatic rings. The number of aliphatic hydroxyl groups excluding tert-OH is 1. The second-order valence-electron chi connectivity index (χ2n) is 6.07. The Bertz CT molecular complexity index is 647. The molecule has 0 aliphatic carbocycles. The predicted molar refractivity (Wildman–Crippen MR) is 89.9 cm³/mol. The smallest absolute Gasteiger partial charge is 0.269 e. The summed E-state index contributed by atoms with van der Waals surface area (Å²) in [7, 11) is 1.38. The molecule has 0 aliphatic heterocycles. The molecular formula is C16H23N3O6. The summed E-state index contributed by atoms with van der Waals surface area (Å²) in [5.41, 5.74) is 5.48. The summed E-state index contributed by atoms with van der Waals surface area (Å²) in [5, 5.41) is 23.1. The van der Waals surface area contributed by atoms with E-state index in [1.807, 2.05) is 13.8 Å². The average Bonchev–Trinajstić information content (AvgIpc) is 2.52. The zero-order chi connectivity index (χ0) is 19.1. The highest BCUT2D eigenvalue weighted by Crippen LogP contribution is 2.25. The highest BCUT2D eigenvalue weighted by molar-refractivity contribution is 5.88. The van der Waals surface area contributed by atoms with Crippen LogP contribution in [0.25, 0.3) is 0 Å². The minimum absolute atomic E-state index is 0.0876. The number of ether oxygens (including phenoxy) is 1. The van der Waals surface area contributed by atoms with Gasteiger partial charge in [-0.1, -0.05) is 13.8 Å². The first kappa shape index (κ1) is 20.4. The molecule has 9 nitrogen and oxygen atoms in total. The molecule has 1 rings (SSSR count). The number of hydrogen-bond donors (Lipinski definition) is 3. The van der Waals surface area contributed by atoms with Crippen LogP contribution in [0.2, 0.25) is 0 Å². The number of nitrogens with zero attached hydrogens (tertiary/aromatic N) is 1. The molecule has 138 valence electrons. The van der Waals surface area contributed by atoms with Gasteiger partial charge in [0.05, 0.1) is 12.0 Å². The van der Waals surface area contributed by atoms with Gasteiger partial charge in [-0.2, -0.15) is 0 Å². The van der Waals surface area contributed by atoms with Crippen LogP contribution in [0.4, 0.5) is 5.69 Å². The third-order valence-electron chi connectivity index (χ3n) is 3.56. The van der Waals surface area contributed by atoms with Crippen LogP contribution in [0.1, 0.15) is 25.8 Å². The number of benzene rings is 1. The topological polar surface area (TPSA) is 145 Å². The van der Waals surface area contributed by atoms with Crippen LogP contribution in [0.15, 0.2) is 18.2 Å². The van der Waals surface area contributed by atoms with Gasteiger partial charge < -0.3 is 20.9 Å². The van der Waals surface area contributed by atoms with Crippen molar-refractivity contribution in [2.24, 2.45) is 11.7 Å². The lowest BCUT2D eigenvalue weighted by Gasteiger charge is -2.20. The molecule has 1 aromatic rings. The Morgan fingerprint density at radius 2 is 2.04 bits per heavy atom. The molecule has 0 saturated heterocycles. The van der Waals surface area contributed by atoms with Gasteiger partial charge in [-0.05, 0) is 18.4 Å². The van der Waals surface area contributed by atoms with E-state index in [2.05, 4.69) is 5.32 Å². The lowest BCUT2D eigenvalue weighted by molar-refractivity contribution is -0.384. The summed E-state index contributed by atoms with van der Waals surface area (Å²) in [5.74, 6) is -1.13. The average molecular weight is 353 g/mol. The fraction of sp³-hybridized carbons (Fsp3) is 0.500. The molecule has 0 heterocycles. The van der Waals surface area contributed by atoms with E-state index >= 15 is 0 Å². The van der Waals surface area contributed by atoms with Crippen molar-refractivity contribution < 1.29 is 24.4 Å². The molecule has 0 aromatic heterocycles. The minimum Gasteiger partial charge on any atom is -0.496 e. The number of nitrogens with two attached hydrogens (primary N) is 1. The molecule has 2 amide bonds. The number of nitrogens with one attached hydrogen (secondary N) is 1. The predicted octanol–water partition coefficient (Wildman–Crippen LogP) is 0.523. The van der Waals surface area contributed by atoms with Gasteiger partial charge in [-0.25, -0.2) is 0 Å². The van der Waals surface area contributed by atoms with Gasteiger partial charge in [0.2, 0.25) is 11.8 Å². The summed E-state index contributed by atoms with van der Waals surface area (Å²) < 4.78 is 5.13. The maximum Gasteiger partial charge on any atom is 0.269 e. The van der Waals surface area contributed by atoms with E-state index in [4.69, 9.17) is 10.5 Å². The molecule has 25 heavy (non-hydrogen) atoms. The van der Waals surface area contributed by atoms with Crippen molar-refractivity contribution in [3.63, 3.8) is 0 Å². The Labute approximate surface area is 145 Å². The molecule has 1 aromatic carbocycles. The van der Waals surface area contributed by atoms with Gasteiger partial charge >= 0.3 is 0 Å². The van der Waals surface area contributed by atoms with Crippen molar-refractivity contribution >= 4 is 17.5 Å². The van der Waals surface area contributed by atoms with E-state index in [-0.39, 0.29) is 24.4 Å². The first-order chi connectivity index (χ1) is 11.6. The van der Waals surface area contributed by atoms with Gasteiger partial charge in [-0.3, -0.25) is 19.7 Å². The third-order valence-corrected chi connectivity index (χ3v) is 3.56. The largest absolute Gasteiger partial charge is 0.496 e. The molecule has 0 spiro atoms. The van der Waals surface area contributed by atoms with Crippen molar-refractivity contribution in [3.05, 3.63) is 33.9 Å². The van der Waals surface area contributed by atoms with Crippen molar-refractivity contribution in [1.29, 1.82) is 0 Å². The Hall–Kier alpha value is -2.68. The lowest BCUT2D eigenvalue weighted by atomic mass is 10.0. The van der Waals surface area contributed by atoms with Crippen LogP contribution in [-0.4, -0.2) is 41.1 Å². The van der Waals surface area contributed by atoms with Gasteiger partial charge in [0, 0.05) is 24.1 Å². The Morgan fingerprint density at radius 1 is 1.40 bits per heavy atom. The zero-order valence-electron chi connectivity index (χ0n) is 14.4. The van der Waals surface area contributed by atoms with Crippen molar-refractivity contribution in [1.82, 2.24) is 5.32 Å². The third kappa shape index (κ3) is 6.03. The van der Waals surface area contributed by atoms with Crippen LogP contribution >= 0.6 is 0 Å². The summed E-state index contributed by atoms with van der Waals surface area (Å²) in [6, 6.07) is 2.80. The molecule has 0 fully saturated rings. The summed E-state index contributed by atoms with van der Waals surface area (Å²) in [6.45, 7) is 3.69. The number of non-ortho nitro benzene ring substituents is 1. The van der Waals surface area contributed by atoms with Crippen molar-refractivity contribution in [3.8, 4) is 5.75 Å². The summed E-state index contributed by atoms with van der Waals surface area (Å²) in [6.07, 6.45) is -1.13. The maximum atomic E-state index is 12.0. The van der Waals surface area contributed by atoms with E-state index in [1.165, 1.54) is 25.3 Å². The molecule has 0 radical (unpaired) electrons. The number of carbonyl (C=O) groups is 2. The number of nitro groups is 1. The van der Waals surface area contributed by atoms with E-state index in [0.717, 1.165) is 0 Å². The SMILES string of the molecule is COc1ccc([N+](=O)[O-])cc1C[C@@H](NC(=O)[C@@H](O)CC(C)C)C(N)=O. The van der Waals surface area contributed by atoms with Crippen molar-refractivity contribution in [2.45, 2.75) is 38.8 Å². The summed E-state index contributed by atoms with van der Waals surface area (Å²) in [4.78, 5) is 34.0. The first-order valence-corrected chi connectivity index (χ1v) is 7.74. The van der Waals surface area contributed by atoms with Crippen LogP contribution in [-0.2, 0) is 16.0 Å². The van der Waals surface area contributed by atoms with Crippen LogP contribution in [0.3, 0.4) is 0 Å². The Balaban J connectivity index is 2.98. The Kier molecular flexibility index (Phi) is 7.31. The number of rotatable bonds is 9. The van der Waals surface area contributed by atoms with E-state index in [9.17, 15) is 24.8 Å². The monoisotopic (exact) mass is 353 g/mol. The standard InChI is InChI=1S/C16H23N3O6/c1-9(2)6-13(20)16(22)18-12(15(17)21)8-10-7-11(19(23)24)4-5-14(10)25-3/h4-5,7,9,12-13,20H,6,8H2,1-3H3,(H2,17,21)(H,18,22)/t12-,13+/m1/s1. The fourth-order valence-corrected chi connectivity index (χ4v) is 2.30. The number of amides is 2. The van der Waals surface area contributed by atoms with E-state index < -0.39 is 28.9 Å². The molecule has 9 heteroatoms. The number of methoxy groups -OCH3 is 1. The van der Waals surface area contributed by atoms with Crippen molar-refractivity contribution in [2.75, 3.05) is 7.11 Å². The quantitative estimate of drug-likeness (QED) is 0.436. The number of aliphatic hydroxyl groups is 1. The Morgan fingerprint density at radius 3 is 2.52 bits per heavy atom. The van der Waals surface area contributed by atoms with Crippen LogP contribution in [0, 0.1) is 16.0 Å². The highest BCUT2D eigenvalue weighted by Gasteiger charge is 2.25. The number of nitro benzene ring substituents is 1. The number of primary amides is 1. The maximum absolute atomic E-state index is 12.0. The van der Waals surface area contributed by atoms with Gasteiger partial charge in [0.1, 0.15) is 17.9 Å². The second-order valence-corrected chi connectivity index (χ2v) is 6.07. The molecule has 0 saturated carbocycles. The van der Waals surface area contributed by atoms with Gasteiger partial charge in [0.15, 0.2) is 0 Å². The second kappa shape index (κ2) is 8.97. The lowest BCUT2D eigenvalue weighted by Crippen LogP contribution is -2.49. The van der Waals surface area contributed by atoms with Gasteiger partial charge in [-0.15, -0.1) is 0 Å². The van der Waals surface area contributed by atoms with E-state index in [1.54, 1.807) is 0 Å². The highest BCUT2D eigenvalue weighted by atomic mass is 16.6. The van der Waals surface area contributed by atoms with Crippen LogP contribution in [0.5, 0.6) is 5.75 Å². The minimum atomic E-state index is -1.27. The summed E-state index contributed by atoms with van der Waals surface area (Å²) >= 11 is 0. The zero-order valence-corrected chi connectivity index (χ0v) is 14.4. The normalized spacial score (nSPS) is 13.2. The fourth-order valence-electron chi connectivity index (χ4n) is 2.30. The molecule has 0 bridgehead atoms. The number of carbonyl (C=O) groups excluding carboxylic acids is 2. The first-order valence-electron chi connectivity index (χ1n) is 7.74. The molecule has 0 unspecified atom stereocenters. The molecule has 2 atom stereocenters. The number of hydrogen-bond acceptors (Lipinski definition) is 6. The molecular weight excluding hydrogens is 330 g/mol. The van der Waals surface area contributed by atoms with E-state index in [0.29, 0.717) is 11.3 Å². The van der Waals surface area contributed by atoms with Crippen LogP contribution < -0.4 is 15.8 Å².